The molecule has 0 heterocycles. The molecular weight excluding hydrogens is 306 g/mol. The molecule has 0 fully saturated rings. The minimum Gasteiger partial charge on any atom is -0.493 e. The highest BCUT2D eigenvalue weighted by molar-refractivity contribution is 5.97. The first-order valence-electron chi connectivity index (χ1n) is 7.85. The van der Waals surface area contributed by atoms with Gasteiger partial charge in [-0.2, -0.15) is 0 Å². The van der Waals surface area contributed by atoms with E-state index in [0.717, 1.165) is 11.1 Å². The van der Waals surface area contributed by atoms with E-state index < -0.39 is 5.60 Å². The van der Waals surface area contributed by atoms with Gasteiger partial charge >= 0.3 is 0 Å². The Morgan fingerprint density at radius 1 is 1.08 bits per heavy atom. The van der Waals surface area contributed by atoms with Gasteiger partial charge in [0.15, 0.2) is 11.5 Å². The van der Waals surface area contributed by atoms with E-state index in [-0.39, 0.29) is 12.5 Å². The first kappa shape index (κ1) is 16.3. The van der Waals surface area contributed by atoms with Crippen LogP contribution in [0.25, 0.3) is 0 Å². The van der Waals surface area contributed by atoms with Gasteiger partial charge < -0.3 is 19.9 Å². The Morgan fingerprint density at radius 3 is 2.33 bits per heavy atom. The number of hydrogen-bond donors (Lipinski definition) is 2. The highest BCUT2D eigenvalue weighted by Crippen LogP contribution is 2.32. The van der Waals surface area contributed by atoms with E-state index in [1.54, 1.807) is 18.2 Å². The van der Waals surface area contributed by atoms with Gasteiger partial charge in [0.2, 0.25) is 0 Å². The number of carbonyl (C=O) groups excluding carboxylic acids is 1. The van der Waals surface area contributed by atoms with Crippen LogP contribution in [-0.2, 0) is 12.8 Å². The summed E-state index contributed by atoms with van der Waals surface area (Å²) < 4.78 is 10.5. The summed E-state index contributed by atoms with van der Waals surface area (Å²) in [5.41, 5.74) is 1.70. The third-order valence-electron chi connectivity index (χ3n) is 4.38. The van der Waals surface area contributed by atoms with Gasteiger partial charge in [0.25, 0.3) is 5.91 Å². The summed E-state index contributed by atoms with van der Waals surface area (Å²) in [4.78, 5) is 12.5. The fourth-order valence-corrected chi connectivity index (χ4v) is 3.20. The number of aliphatic hydroxyl groups is 1. The average molecular weight is 327 g/mol. The predicted octanol–water partition coefficient (Wildman–Crippen LogP) is 1.96. The minimum atomic E-state index is -0.953. The Balaban J connectivity index is 1.71. The lowest BCUT2D eigenvalue weighted by Crippen LogP contribution is -2.43. The van der Waals surface area contributed by atoms with Crippen LogP contribution in [0.5, 0.6) is 11.5 Å². The van der Waals surface area contributed by atoms with Gasteiger partial charge in [0, 0.05) is 19.4 Å². The van der Waals surface area contributed by atoms with Crippen LogP contribution in [0.2, 0.25) is 0 Å². The molecule has 1 aliphatic rings. The van der Waals surface area contributed by atoms with Crippen LogP contribution in [0.1, 0.15) is 21.5 Å². The molecule has 0 spiro atoms. The summed E-state index contributed by atoms with van der Waals surface area (Å²) >= 11 is 0. The maximum atomic E-state index is 12.5. The van der Waals surface area contributed by atoms with E-state index >= 15 is 0 Å². The third-order valence-corrected chi connectivity index (χ3v) is 4.38. The van der Waals surface area contributed by atoms with Crippen LogP contribution in [-0.4, -0.2) is 37.4 Å². The van der Waals surface area contributed by atoms with Crippen molar-refractivity contribution in [1.29, 1.82) is 0 Å². The lowest BCUT2D eigenvalue weighted by molar-refractivity contribution is 0.0479. The number of amides is 1. The number of para-hydroxylation sites is 1. The van der Waals surface area contributed by atoms with Crippen molar-refractivity contribution in [3.8, 4) is 11.5 Å². The average Bonchev–Trinajstić information content (AvgIpc) is 2.95. The number of methoxy groups -OCH3 is 2. The van der Waals surface area contributed by atoms with Gasteiger partial charge in [-0.1, -0.05) is 30.3 Å². The van der Waals surface area contributed by atoms with Crippen molar-refractivity contribution in [2.75, 3.05) is 20.8 Å². The fraction of sp³-hybridized carbons (Fsp3) is 0.316. The maximum Gasteiger partial charge on any atom is 0.255 e. The summed E-state index contributed by atoms with van der Waals surface area (Å²) in [5, 5.41) is 13.6. The number of benzene rings is 2. The molecule has 0 aromatic heterocycles. The van der Waals surface area contributed by atoms with E-state index in [1.165, 1.54) is 14.2 Å². The standard InChI is InChI=1S/C19H21NO4/c1-23-16-9-5-8-15(17(16)24-2)18(21)20-12-19(22)10-13-6-3-4-7-14(13)11-19/h3-9,22H,10-12H2,1-2H3,(H,20,21). The molecular formula is C19H21NO4. The predicted molar refractivity (Wildman–Crippen MR) is 90.7 cm³/mol. The van der Waals surface area contributed by atoms with Crippen molar-refractivity contribution >= 4 is 5.91 Å². The van der Waals surface area contributed by atoms with Crippen LogP contribution in [0.4, 0.5) is 0 Å². The molecule has 5 heteroatoms. The third kappa shape index (κ3) is 3.08. The molecule has 0 unspecified atom stereocenters. The molecule has 0 saturated heterocycles. The van der Waals surface area contributed by atoms with E-state index in [1.807, 2.05) is 24.3 Å². The zero-order chi connectivity index (χ0) is 17.2. The summed E-state index contributed by atoms with van der Waals surface area (Å²) in [7, 11) is 3.02. The summed E-state index contributed by atoms with van der Waals surface area (Å²) in [6, 6.07) is 13.1. The van der Waals surface area contributed by atoms with E-state index in [2.05, 4.69) is 5.32 Å². The van der Waals surface area contributed by atoms with Crippen LogP contribution in [0.3, 0.4) is 0 Å². The molecule has 0 saturated carbocycles. The van der Waals surface area contributed by atoms with Gasteiger partial charge in [0.05, 0.1) is 25.4 Å². The van der Waals surface area contributed by atoms with Gasteiger partial charge in [0.1, 0.15) is 0 Å². The van der Waals surface area contributed by atoms with Crippen LogP contribution in [0.15, 0.2) is 42.5 Å². The zero-order valence-corrected chi connectivity index (χ0v) is 13.8. The van der Waals surface area contributed by atoms with Crippen LogP contribution < -0.4 is 14.8 Å². The second-order valence-corrected chi connectivity index (χ2v) is 6.07. The molecule has 2 N–H and O–H groups in total. The molecule has 24 heavy (non-hydrogen) atoms. The highest BCUT2D eigenvalue weighted by atomic mass is 16.5. The Bertz CT molecular complexity index is 732. The van der Waals surface area contributed by atoms with Crippen LogP contribution in [0, 0.1) is 0 Å². The van der Waals surface area contributed by atoms with Crippen molar-refractivity contribution in [3.63, 3.8) is 0 Å². The number of hydrogen-bond acceptors (Lipinski definition) is 4. The summed E-state index contributed by atoms with van der Waals surface area (Å²) in [5.74, 6) is 0.589. The van der Waals surface area contributed by atoms with Crippen molar-refractivity contribution in [3.05, 3.63) is 59.2 Å². The molecule has 1 aliphatic carbocycles. The quantitative estimate of drug-likeness (QED) is 0.881. The molecule has 0 atom stereocenters. The maximum absolute atomic E-state index is 12.5. The fourth-order valence-electron chi connectivity index (χ4n) is 3.20. The topological polar surface area (TPSA) is 67.8 Å². The Hall–Kier alpha value is -2.53. The van der Waals surface area contributed by atoms with Crippen molar-refractivity contribution < 1.29 is 19.4 Å². The first-order valence-corrected chi connectivity index (χ1v) is 7.85. The molecule has 1 amide bonds. The Kier molecular flexibility index (Phi) is 4.44. The van der Waals surface area contributed by atoms with Crippen molar-refractivity contribution in [1.82, 2.24) is 5.32 Å². The molecule has 5 nitrogen and oxygen atoms in total. The number of nitrogens with one attached hydrogen (secondary N) is 1. The number of ether oxygens (including phenoxy) is 2. The molecule has 3 rings (SSSR count). The highest BCUT2D eigenvalue weighted by Gasteiger charge is 2.35. The van der Waals surface area contributed by atoms with Crippen molar-refractivity contribution in [2.45, 2.75) is 18.4 Å². The molecule has 126 valence electrons. The van der Waals surface area contributed by atoms with Crippen LogP contribution >= 0.6 is 0 Å². The minimum absolute atomic E-state index is 0.181. The smallest absolute Gasteiger partial charge is 0.255 e. The second-order valence-electron chi connectivity index (χ2n) is 6.07. The number of carbonyl (C=O) groups is 1. The largest absolute Gasteiger partial charge is 0.493 e. The molecule has 2 aromatic carbocycles. The Morgan fingerprint density at radius 2 is 1.75 bits per heavy atom. The summed E-state index contributed by atoms with van der Waals surface area (Å²) in [6.45, 7) is 0.181. The molecule has 0 bridgehead atoms. The van der Waals surface area contributed by atoms with E-state index in [0.29, 0.717) is 29.9 Å². The normalized spacial score (nSPS) is 14.8. The number of rotatable bonds is 5. The Labute approximate surface area is 141 Å². The van der Waals surface area contributed by atoms with Gasteiger partial charge in [-0.25, -0.2) is 0 Å². The summed E-state index contributed by atoms with van der Waals surface area (Å²) in [6.07, 6.45) is 1.08. The van der Waals surface area contributed by atoms with Gasteiger partial charge in [-0.05, 0) is 23.3 Å². The zero-order valence-electron chi connectivity index (χ0n) is 13.8. The van der Waals surface area contributed by atoms with Gasteiger partial charge in [-0.15, -0.1) is 0 Å². The lowest BCUT2D eigenvalue weighted by atomic mass is 10.0. The lowest BCUT2D eigenvalue weighted by Gasteiger charge is -2.23. The SMILES string of the molecule is COc1cccc(C(=O)NCC2(O)Cc3ccccc3C2)c1OC. The van der Waals surface area contributed by atoms with Gasteiger partial charge in [-0.3, -0.25) is 4.79 Å². The number of fused-ring (bicyclic) bond motifs is 1. The van der Waals surface area contributed by atoms with Crippen molar-refractivity contribution in [2.24, 2.45) is 0 Å². The molecule has 0 aliphatic heterocycles. The van der Waals surface area contributed by atoms with E-state index in [9.17, 15) is 9.90 Å². The first-order chi connectivity index (χ1) is 11.6. The molecule has 2 aromatic rings. The monoisotopic (exact) mass is 327 g/mol. The molecule has 0 radical (unpaired) electrons. The van der Waals surface area contributed by atoms with E-state index in [4.69, 9.17) is 9.47 Å². The second kappa shape index (κ2) is 6.53.